The number of rotatable bonds is 4. The van der Waals surface area contributed by atoms with Crippen molar-refractivity contribution in [2.24, 2.45) is 0 Å². The average Bonchev–Trinajstić information content (AvgIpc) is 2.75. The van der Waals surface area contributed by atoms with Gasteiger partial charge in [-0.05, 0) is 18.2 Å². The first-order chi connectivity index (χ1) is 9.04. The van der Waals surface area contributed by atoms with Crippen LogP contribution in [0.5, 0.6) is 0 Å². The smallest absolute Gasteiger partial charge is 0.257 e. The van der Waals surface area contributed by atoms with E-state index in [9.17, 15) is 4.79 Å². The number of benzene rings is 1. The van der Waals surface area contributed by atoms with Crippen molar-refractivity contribution < 1.29 is 4.79 Å². The first kappa shape index (κ1) is 14.5. The lowest BCUT2D eigenvalue weighted by atomic mass is 10.2. The average molecular weight is 358 g/mol. The Labute approximate surface area is 128 Å². The van der Waals surface area contributed by atoms with Crippen molar-refractivity contribution in [1.82, 2.24) is 10.2 Å². The Kier molecular flexibility index (Phi) is 4.95. The summed E-state index contributed by atoms with van der Waals surface area (Å²) < 4.78 is 1.73. The molecule has 7 heteroatoms. The van der Waals surface area contributed by atoms with Gasteiger partial charge < -0.3 is 0 Å². The van der Waals surface area contributed by atoms with Gasteiger partial charge in [-0.1, -0.05) is 58.9 Å². The summed E-state index contributed by atoms with van der Waals surface area (Å²) in [5.74, 6) is -0.182. The molecule has 1 heterocycles. The highest BCUT2D eigenvalue weighted by atomic mass is 79.9. The summed E-state index contributed by atoms with van der Waals surface area (Å²) in [5.41, 5.74) is 0.586. The maximum atomic E-state index is 12.0. The van der Waals surface area contributed by atoms with Crippen LogP contribution in [0.3, 0.4) is 0 Å². The van der Waals surface area contributed by atoms with Gasteiger partial charge in [-0.25, -0.2) is 0 Å². The van der Waals surface area contributed by atoms with Crippen molar-refractivity contribution in [2.75, 3.05) is 5.32 Å². The Morgan fingerprint density at radius 1 is 1.42 bits per heavy atom. The number of amides is 1. The van der Waals surface area contributed by atoms with Gasteiger partial charge >= 0.3 is 0 Å². The molecule has 2 aromatic rings. The number of halogens is 1. The number of carbonyl (C=O) groups is 1. The number of thioether (sulfide) groups is 1. The molecule has 1 aromatic carbocycles. The molecule has 0 atom stereocenters. The van der Waals surface area contributed by atoms with Crippen molar-refractivity contribution in [2.45, 2.75) is 23.4 Å². The van der Waals surface area contributed by atoms with Crippen molar-refractivity contribution in [3.63, 3.8) is 0 Å². The Morgan fingerprint density at radius 2 is 2.21 bits per heavy atom. The van der Waals surface area contributed by atoms with E-state index >= 15 is 0 Å². The molecule has 4 nitrogen and oxygen atoms in total. The monoisotopic (exact) mass is 357 g/mol. The van der Waals surface area contributed by atoms with E-state index in [1.54, 1.807) is 23.9 Å². The summed E-state index contributed by atoms with van der Waals surface area (Å²) in [5, 5.41) is 11.7. The van der Waals surface area contributed by atoms with Crippen LogP contribution in [-0.2, 0) is 0 Å². The second kappa shape index (κ2) is 6.49. The quantitative estimate of drug-likeness (QED) is 0.662. The van der Waals surface area contributed by atoms with Gasteiger partial charge in [-0.3, -0.25) is 10.1 Å². The van der Waals surface area contributed by atoms with Gasteiger partial charge in [0.2, 0.25) is 5.13 Å². The van der Waals surface area contributed by atoms with Gasteiger partial charge in [-0.2, -0.15) is 0 Å². The number of aromatic nitrogens is 2. The zero-order valence-corrected chi connectivity index (χ0v) is 13.6. The van der Waals surface area contributed by atoms with E-state index in [0.29, 0.717) is 15.9 Å². The van der Waals surface area contributed by atoms with E-state index < -0.39 is 0 Å². The predicted octanol–water partition coefficient (Wildman–Crippen LogP) is 4.05. The molecule has 0 unspecified atom stereocenters. The number of nitrogens with one attached hydrogen (secondary N) is 1. The van der Waals surface area contributed by atoms with Crippen molar-refractivity contribution in [1.29, 1.82) is 0 Å². The molecule has 0 bridgehead atoms. The number of anilines is 1. The zero-order chi connectivity index (χ0) is 13.8. The molecule has 1 N–H and O–H groups in total. The fourth-order valence-electron chi connectivity index (χ4n) is 1.31. The third-order valence-electron chi connectivity index (χ3n) is 2.05. The molecule has 100 valence electrons. The van der Waals surface area contributed by atoms with Gasteiger partial charge in [0, 0.05) is 15.3 Å². The van der Waals surface area contributed by atoms with Gasteiger partial charge in [0.1, 0.15) is 0 Å². The summed E-state index contributed by atoms with van der Waals surface area (Å²) in [6.07, 6.45) is 0. The molecular formula is C12H12BrN3OS2. The summed E-state index contributed by atoms with van der Waals surface area (Å²) in [6.45, 7) is 4.18. The first-order valence-electron chi connectivity index (χ1n) is 5.61. The van der Waals surface area contributed by atoms with Crippen LogP contribution in [-0.4, -0.2) is 21.4 Å². The highest BCUT2D eigenvalue weighted by Gasteiger charge is 2.11. The molecule has 0 spiro atoms. The lowest BCUT2D eigenvalue weighted by Crippen LogP contribution is -2.11. The topological polar surface area (TPSA) is 54.9 Å². The van der Waals surface area contributed by atoms with Gasteiger partial charge in [0.25, 0.3) is 5.91 Å². The van der Waals surface area contributed by atoms with E-state index in [2.05, 4.69) is 45.3 Å². The fraction of sp³-hybridized carbons (Fsp3) is 0.250. The summed E-state index contributed by atoms with van der Waals surface area (Å²) in [7, 11) is 0. The van der Waals surface area contributed by atoms with E-state index in [4.69, 9.17) is 0 Å². The molecule has 0 saturated heterocycles. The molecule has 0 radical (unpaired) electrons. The first-order valence-corrected chi connectivity index (χ1v) is 8.10. The van der Waals surface area contributed by atoms with Crippen LogP contribution in [0.4, 0.5) is 5.13 Å². The Bertz CT molecular complexity index is 586. The molecule has 0 saturated carbocycles. The molecule has 1 amide bonds. The highest BCUT2D eigenvalue weighted by Crippen LogP contribution is 2.28. The molecule has 1 aromatic heterocycles. The standard InChI is InChI=1S/C12H12BrN3OS2/c1-7(2)18-12-16-15-11(19-12)14-10(17)8-4-3-5-9(13)6-8/h3-7H,1-2H3,(H,14,15,17). The van der Waals surface area contributed by atoms with Crippen LogP contribution in [0, 0.1) is 0 Å². The minimum atomic E-state index is -0.182. The summed E-state index contributed by atoms with van der Waals surface area (Å²) >= 11 is 6.35. The van der Waals surface area contributed by atoms with E-state index in [0.717, 1.165) is 8.81 Å². The number of carbonyl (C=O) groups excluding carboxylic acids is 1. The van der Waals surface area contributed by atoms with Crippen LogP contribution in [0.15, 0.2) is 33.1 Å². The molecular weight excluding hydrogens is 346 g/mol. The van der Waals surface area contributed by atoms with Crippen LogP contribution in [0.25, 0.3) is 0 Å². The second-order valence-corrected chi connectivity index (χ2v) is 7.72. The van der Waals surface area contributed by atoms with Gasteiger partial charge in [0.15, 0.2) is 4.34 Å². The summed E-state index contributed by atoms with van der Waals surface area (Å²) in [4.78, 5) is 12.0. The second-order valence-electron chi connectivity index (χ2n) is 4.00. The maximum Gasteiger partial charge on any atom is 0.257 e. The molecule has 2 rings (SSSR count). The lowest BCUT2D eigenvalue weighted by Gasteiger charge is -2.01. The predicted molar refractivity (Wildman–Crippen MR) is 83.0 cm³/mol. The molecule has 19 heavy (non-hydrogen) atoms. The SMILES string of the molecule is CC(C)Sc1nnc(NC(=O)c2cccc(Br)c2)s1. The third kappa shape index (κ3) is 4.29. The maximum absolute atomic E-state index is 12.0. The minimum absolute atomic E-state index is 0.182. The zero-order valence-electron chi connectivity index (χ0n) is 10.4. The molecule has 0 fully saturated rings. The van der Waals surface area contributed by atoms with Gasteiger partial charge in [-0.15, -0.1) is 10.2 Å². The third-order valence-corrected chi connectivity index (χ3v) is 4.47. The fourth-order valence-corrected chi connectivity index (χ4v) is 3.68. The normalized spacial score (nSPS) is 10.7. The van der Waals surface area contributed by atoms with Crippen LogP contribution in [0.2, 0.25) is 0 Å². The lowest BCUT2D eigenvalue weighted by molar-refractivity contribution is 0.102. The Morgan fingerprint density at radius 3 is 2.89 bits per heavy atom. The minimum Gasteiger partial charge on any atom is -0.296 e. The van der Waals surface area contributed by atoms with Crippen molar-refractivity contribution in [3.8, 4) is 0 Å². The number of nitrogens with zero attached hydrogens (tertiary/aromatic N) is 2. The van der Waals surface area contributed by atoms with E-state index in [1.807, 2.05) is 12.1 Å². The van der Waals surface area contributed by atoms with Crippen LogP contribution in [0.1, 0.15) is 24.2 Å². The van der Waals surface area contributed by atoms with Gasteiger partial charge in [0.05, 0.1) is 0 Å². The Hall–Kier alpha value is -0.920. The summed E-state index contributed by atoms with van der Waals surface area (Å²) in [6, 6.07) is 7.21. The Balaban J connectivity index is 2.05. The van der Waals surface area contributed by atoms with Crippen molar-refractivity contribution >= 4 is 50.1 Å². The van der Waals surface area contributed by atoms with E-state index in [1.165, 1.54) is 11.3 Å². The largest absolute Gasteiger partial charge is 0.296 e. The number of hydrogen-bond acceptors (Lipinski definition) is 5. The van der Waals surface area contributed by atoms with Crippen LogP contribution >= 0.6 is 39.0 Å². The molecule has 0 aliphatic rings. The molecule has 0 aliphatic heterocycles. The van der Waals surface area contributed by atoms with Crippen LogP contribution < -0.4 is 5.32 Å². The number of hydrogen-bond donors (Lipinski definition) is 1. The highest BCUT2D eigenvalue weighted by molar-refractivity contribution is 9.10. The van der Waals surface area contributed by atoms with Crippen molar-refractivity contribution in [3.05, 3.63) is 34.3 Å². The molecule has 0 aliphatic carbocycles. The van der Waals surface area contributed by atoms with E-state index in [-0.39, 0.29) is 5.91 Å².